The first kappa shape index (κ1) is 11.9. The van der Waals surface area contributed by atoms with Crippen LogP contribution >= 0.6 is 0 Å². The number of piperidine rings is 1. The highest BCUT2D eigenvalue weighted by Gasteiger charge is 2.23. The summed E-state index contributed by atoms with van der Waals surface area (Å²) in [6.07, 6.45) is 2.59. The minimum absolute atomic E-state index is 0.267. The molecule has 1 amide bonds. The van der Waals surface area contributed by atoms with Crippen molar-refractivity contribution in [2.75, 3.05) is 18.0 Å². The summed E-state index contributed by atoms with van der Waals surface area (Å²) in [7, 11) is 0. The molecule has 0 saturated carbocycles. The monoisotopic (exact) mass is 234 g/mol. The van der Waals surface area contributed by atoms with Gasteiger partial charge in [-0.05, 0) is 24.5 Å². The van der Waals surface area contributed by atoms with Crippen molar-refractivity contribution < 1.29 is 4.79 Å². The predicted octanol–water partition coefficient (Wildman–Crippen LogP) is 0.354. The second kappa shape index (κ2) is 4.71. The molecule has 1 aromatic rings. The maximum Gasteiger partial charge on any atom is 0.267 e. The first-order chi connectivity index (χ1) is 8.08. The van der Waals surface area contributed by atoms with E-state index in [-0.39, 0.29) is 6.04 Å². The smallest absolute Gasteiger partial charge is 0.267 e. The Morgan fingerprint density at radius 3 is 3.00 bits per heavy atom. The Kier molecular flexibility index (Phi) is 3.28. The first-order valence-corrected chi connectivity index (χ1v) is 5.84. The lowest BCUT2D eigenvalue weighted by Crippen LogP contribution is -2.46. The number of nitrogens with two attached hydrogens (primary N) is 2. The number of pyridine rings is 1. The third-order valence-electron chi connectivity index (χ3n) is 3.33. The van der Waals surface area contributed by atoms with Gasteiger partial charge in [0.2, 0.25) is 0 Å². The Balaban J connectivity index is 2.17. The number of hydrogen-bond donors (Lipinski definition) is 2. The number of carbonyl (C=O) groups is 1. The van der Waals surface area contributed by atoms with Gasteiger partial charge in [-0.25, -0.2) is 0 Å². The summed E-state index contributed by atoms with van der Waals surface area (Å²) >= 11 is 0. The first-order valence-electron chi connectivity index (χ1n) is 5.84. The Hall–Kier alpha value is -1.62. The van der Waals surface area contributed by atoms with E-state index in [2.05, 4.69) is 16.8 Å². The molecule has 2 heterocycles. The average Bonchev–Trinajstić information content (AvgIpc) is 2.33. The molecule has 2 rings (SSSR count). The van der Waals surface area contributed by atoms with Gasteiger partial charge in [-0.2, -0.15) is 0 Å². The van der Waals surface area contributed by atoms with Crippen molar-refractivity contribution >= 4 is 11.6 Å². The molecule has 0 radical (unpaired) electrons. The topological polar surface area (TPSA) is 85.2 Å². The third-order valence-corrected chi connectivity index (χ3v) is 3.33. The molecule has 0 bridgehead atoms. The van der Waals surface area contributed by atoms with E-state index in [1.807, 2.05) is 6.07 Å². The predicted molar refractivity (Wildman–Crippen MR) is 66.7 cm³/mol. The van der Waals surface area contributed by atoms with Crippen LogP contribution in [0, 0.1) is 5.92 Å². The summed E-state index contributed by atoms with van der Waals surface area (Å²) < 4.78 is 0. The number of nitrogens with zero attached hydrogens (tertiary/aromatic N) is 2. The second-order valence-corrected chi connectivity index (χ2v) is 4.64. The average molecular weight is 234 g/mol. The zero-order chi connectivity index (χ0) is 12.4. The fourth-order valence-corrected chi connectivity index (χ4v) is 2.15. The summed E-state index contributed by atoms with van der Waals surface area (Å²) in [5, 5.41) is 0. The molecule has 2 unspecified atom stereocenters. The van der Waals surface area contributed by atoms with Crippen LogP contribution in [0.3, 0.4) is 0 Å². The summed E-state index contributed by atoms with van der Waals surface area (Å²) in [4.78, 5) is 17.2. The summed E-state index contributed by atoms with van der Waals surface area (Å²) in [5.41, 5.74) is 12.5. The minimum Gasteiger partial charge on any atom is -0.371 e. The Morgan fingerprint density at radius 2 is 2.35 bits per heavy atom. The summed E-state index contributed by atoms with van der Waals surface area (Å²) in [6.45, 7) is 3.96. The van der Waals surface area contributed by atoms with Crippen LogP contribution in [-0.4, -0.2) is 30.0 Å². The van der Waals surface area contributed by atoms with E-state index in [9.17, 15) is 4.79 Å². The molecular formula is C12H18N4O. The second-order valence-electron chi connectivity index (χ2n) is 4.64. The minimum atomic E-state index is -0.492. The molecule has 1 aromatic heterocycles. The van der Waals surface area contributed by atoms with Crippen molar-refractivity contribution in [1.82, 2.24) is 4.98 Å². The molecule has 1 saturated heterocycles. The number of rotatable bonds is 2. The van der Waals surface area contributed by atoms with E-state index >= 15 is 0 Å². The van der Waals surface area contributed by atoms with Gasteiger partial charge in [-0.1, -0.05) is 6.92 Å². The molecule has 4 N–H and O–H groups in total. The molecule has 1 fully saturated rings. The number of aromatic nitrogens is 1. The Bertz CT molecular complexity index is 421. The molecule has 92 valence electrons. The molecular weight excluding hydrogens is 216 g/mol. The van der Waals surface area contributed by atoms with Crippen LogP contribution in [0.1, 0.15) is 23.8 Å². The van der Waals surface area contributed by atoms with Gasteiger partial charge in [-0.15, -0.1) is 0 Å². The van der Waals surface area contributed by atoms with Gasteiger partial charge in [0.15, 0.2) is 0 Å². The van der Waals surface area contributed by atoms with Crippen molar-refractivity contribution in [3.8, 4) is 0 Å². The number of primary amides is 1. The van der Waals surface area contributed by atoms with Crippen LogP contribution in [0.15, 0.2) is 18.3 Å². The van der Waals surface area contributed by atoms with Gasteiger partial charge in [0, 0.05) is 31.0 Å². The van der Waals surface area contributed by atoms with Crippen LogP contribution in [0.4, 0.5) is 5.69 Å². The molecule has 17 heavy (non-hydrogen) atoms. The van der Waals surface area contributed by atoms with E-state index < -0.39 is 5.91 Å². The van der Waals surface area contributed by atoms with E-state index in [4.69, 9.17) is 11.5 Å². The summed E-state index contributed by atoms with van der Waals surface area (Å²) in [6, 6.07) is 3.91. The molecule has 0 aromatic carbocycles. The van der Waals surface area contributed by atoms with Gasteiger partial charge < -0.3 is 16.4 Å². The highest BCUT2D eigenvalue weighted by atomic mass is 16.1. The van der Waals surface area contributed by atoms with Crippen molar-refractivity contribution in [3.63, 3.8) is 0 Å². The van der Waals surface area contributed by atoms with Crippen LogP contribution in [0.5, 0.6) is 0 Å². The number of amides is 1. The number of anilines is 1. The van der Waals surface area contributed by atoms with Crippen molar-refractivity contribution in [3.05, 3.63) is 24.0 Å². The largest absolute Gasteiger partial charge is 0.371 e. The van der Waals surface area contributed by atoms with Crippen LogP contribution in [-0.2, 0) is 0 Å². The van der Waals surface area contributed by atoms with Gasteiger partial charge in [-0.3, -0.25) is 9.78 Å². The lowest BCUT2D eigenvalue weighted by molar-refractivity contribution is 0.0995. The van der Waals surface area contributed by atoms with E-state index in [1.165, 1.54) is 0 Å². The van der Waals surface area contributed by atoms with Gasteiger partial charge in [0.05, 0.1) is 0 Å². The normalized spacial score (nSPS) is 24.7. The molecule has 5 heteroatoms. The lowest BCUT2D eigenvalue weighted by Gasteiger charge is -2.36. The summed E-state index contributed by atoms with van der Waals surface area (Å²) in [5.74, 6) is -0.0393. The number of carbonyl (C=O) groups excluding carboxylic acids is 1. The fraction of sp³-hybridized carbons (Fsp3) is 0.500. The zero-order valence-electron chi connectivity index (χ0n) is 9.97. The quantitative estimate of drug-likeness (QED) is 0.773. The van der Waals surface area contributed by atoms with Crippen LogP contribution in [0.2, 0.25) is 0 Å². The van der Waals surface area contributed by atoms with Gasteiger partial charge in [0.1, 0.15) is 5.69 Å². The van der Waals surface area contributed by atoms with E-state index in [0.717, 1.165) is 25.2 Å². The fourth-order valence-electron chi connectivity index (χ4n) is 2.15. The Labute approximate surface area is 101 Å². The maximum atomic E-state index is 11.1. The number of hydrogen-bond acceptors (Lipinski definition) is 4. The van der Waals surface area contributed by atoms with Crippen molar-refractivity contribution in [2.24, 2.45) is 17.4 Å². The molecule has 0 aliphatic carbocycles. The zero-order valence-corrected chi connectivity index (χ0v) is 9.97. The lowest BCUT2D eigenvalue weighted by atomic mass is 9.94. The molecule has 1 aliphatic rings. The van der Waals surface area contributed by atoms with Crippen molar-refractivity contribution in [2.45, 2.75) is 19.4 Å². The molecule has 5 nitrogen and oxygen atoms in total. The van der Waals surface area contributed by atoms with E-state index in [0.29, 0.717) is 11.6 Å². The maximum absolute atomic E-state index is 11.1. The molecule has 1 aliphatic heterocycles. The van der Waals surface area contributed by atoms with E-state index in [1.54, 1.807) is 12.3 Å². The SMILES string of the molecule is CC1CN(c2ccnc(C(N)=O)c2)CCC1N. The standard InChI is InChI=1S/C12H18N4O/c1-8-7-16(5-3-10(8)13)9-2-4-15-11(6-9)12(14)17/h2,4,6,8,10H,3,5,7,13H2,1H3,(H2,14,17). The van der Waals surface area contributed by atoms with Crippen LogP contribution < -0.4 is 16.4 Å². The highest BCUT2D eigenvalue weighted by molar-refractivity contribution is 5.91. The molecule has 0 spiro atoms. The van der Waals surface area contributed by atoms with Gasteiger partial charge in [0.25, 0.3) is 5.91 Å². The van der Waals surface area contributed by atoms with Crippen molar-refractivity contribution in [1.29, 1.82) is 0 Å². The van der Waals surface area contributed by atoms with Crippen LogP contribution in [0.25, 0.3) is 0 Å². The third kappa shape index (κ3) is 2.55. The Morgan fingerprint density at radius 1 is 1.59 bits per heavy atom. The molecule has 2 atom stereocenters. The van der Waals surface area contributed by atoms with Gasteiger partial charge >= 0.3 is 0 Å². The highest BCUT2D eigenvalue weighted by Crippen LogP contribution is 2.22.